The first-order valence-electron chi connectivity index (χ1n) is 6.15. The quantitative estimate of drug-likeness (QED) is 0.847. The van der Waals surface area contributed by atoms with Gasteiger partial charge >= 0.3 is 0 Å². The Morgan fingerprint density at radius 3 is 2.79 bits per heavy atom. The topological polar surface area (TPSA) is 94.6 Å². The Bertz CT molecular complexity index is 586. The lowest BCUT2D eigenvalue weighted by Gasteiger charge is -2.19. The third-order valence-electron chi connectivity index (χ3n) is 3.61. The van der Waals surface area contributed by atoms with Crippen molar-refractivity contribution in [2.75, 3.05) is 0 Å². The zero-order valence-electron chi connectivity index (χ0n) is 10.1. The van der Waals surface area contributed by atoms with E-state index in [0.29, 0.717) is 5.76 Å². The Hall–Kier alpha value is -0.410. The maximum absolute atomic E-state index is 12.3. The number of hydrogen-bond donors (Lipinski definition) is 2. The number of furan rings is 1. The fraction of sp³-hybridized carbons (Fsp3) is 0.636. The lowest BCUT2D eigenvalue weighted by atomic mass is 9.96. The molecule has 19 heavy (non-hydrogen) atoms. The third-order valence-corrected chi connectivity index (χ3v) is 5.96. The molecular formula is C11H15BrN2O4S. The van der Waals surface area contributed by atoms with Gasteiger partial charge in [0.25, 0.3) is 0 Å². The van der Waals surface area contributed by atoms with Gasteiger partial charge in [0.15, 0.2) is 4.67 Å². The van der Waals surface area contributed by atoms with Gasteiger partial charge in [0.2, 0.25) is 10.0 Å². The van der Waals surface area contributed by atoms with Crippen LogP contribution >= 0.6 is 15.9 Å². The van der Waals surface area contributed by atoms with Crippen LogP contribution in [0.5, 0.6) is 0 Å². The molecule has 6 nitrogen and oxygen atoms in total. The third kappa shape index (κ3) is 2.47. The van der Waals surface area contributed by atoms with Gasteiger partial charge in [0, 0.05) is 6.07 Å². The second-order valence-corrected chi connectivity index (χ2v) is 7.29. The number of ether oxygens (including phenoxy) is 1. The average molecular weight is 351 g/mol. The van der Waals surface area contributed by atoms with Crippen LogP contribution in [0.4, 0.5) is 0 Å². The molecule has 2 saturated heterocycles. The molecule has 2 bridgehead atoms. The molecular weight excluding hydrogens is 336 g/mol. The summed E-state index contributed by atoms with van der Waals surface area (Å²) in [6.07, 6.45) is 2.88. The van der Waals surface area contributed by atoms with Crippen molar-refractivity contribution in [2.24, 2.45) is 5.73 Å². The Morgan fingerprint density at radius 1 is 1.47 bits per heavy atom. The largest absolute Gasteiger partial charge is 0.452 e. The van der Waals surface area contributed by atoms with Crippen LogP contribution in [0.3, 0.4) is 0 Å². The highest BCUT2D eigenvalue weighted by Gasteiger charge is 2.43. The van der Waals surface area contributed by atoms with Gasteiger partial charge in [0.1, 0.15) is 10.7 Å². The van der Waals surface area contributed by atoms with Crippen LogP contribution in [-0.4, -0.2) is 26.7 Å². The van der Waals surface area contributed by atoms with E-state index in [1.165, 1.54) is 6.07 Å². The molecule has 1 aromatic rings. The van der Waals surface area contributed by atoms with Crippen LogP contribution in [0.1, 0.15) is 25.0 Å². The van der Waals surface area contributed by atoms with E-state index in [1.807, 2.05) is 0 Å². The predicted octanol–water partition coefficient (Wildman–Crippen LogP) is 1.10. The Morgan fingerprint density at radius 2 is 2.26 bits per heavy atom. The smallest absolute Gasteiger partial charge is 0.245 e. The second kappa shape index (κ2) is 4.85. The van der Waals surface area contributed by atoms with Gasteiger partial charge in [0.05, 0.1) is 24.8 Å². The van der Waals surface area contributed by atoms with E-state index in [9.17, 15) is 8.42 Å². The summed E-state index contributed by atoms with van der Waals surface area (Å²) in [6.45, 7) is 0.158. The minimum atomic E-state index is -3.61. The van der Waals surface area contributed by atoms with E-state index in [2.05, 4.69) is 20.7 Å². The number of hydrogen-bond acceptors (Lipinski definition) is 5. The fourth-order valence-electron chi connectivity index (χ4n) is 2.71. The fourth-order valence-corrected chi connectivity index (χ4v) is 4.98. The summed E-state index contributed by atoms with van der Waals surface area (Å²) in [7, 11) is -3.61. The van der Waals surface area contributed by atoms with Crippen molar-refractivity contribution in [2.45, 2.75) is 49.0 Å². The van der Waals surface area contributed by atoms with Crippen LogP contribution in [0.2, 0.25) is 0 Å². The molecule has 0 spiro atoms. The van der Waals surface area contributed by atoms with Crippen LogP contribution in [0.15, 0.2) is 20.0 Å². The zero-order chi connectivity index (χ0) is 13.6. The molecule has 3 unspecified atom stereocenters. The van der Waals surface area contributed by atoms with Gasteiger partial charge < -0.3 is 14.9 Å². The van der Waals surface area contributed by atoms with Crippen LogP contribution in [0, 0.1) is 0 Å². The van der Waals surface area contributed by atoms with Crippen LogP contribution in [0.25, 0.3) is 0 Å². The Balaban J connectivity index is 1.80. The maximum atomic E-state index is 12.3. The van der Waals surface area contributed by atoms with Crippen molar-refractivity contribution in [1.29, 1.82) is 0 Å². The zero-order valence-corrected chi connectivity index (χ0v) is 12.5. The molecule has 2 fully saturated rings. The van der Waals surface area contributed by atoms with E-state index in [4.69, 9.17) is 14.9 Å². The molecule has 3 rings (SSSR count). The average Bonchev–Trinajstić information content (AvgIpc) is 3.02. The van der Waals surface area contributed by atoms with Crippen LogP contribution in [-0.2, 0) is 21.3 Å². The molecule has 3 N–H and O–H groups in total. The highest BCUT2D eigenvalue weighted by atomic mass is 79.9. The number of nitrogens with one attached hydrogen (secondary N) is 1. The molecule has 2 aliphatic rings. The van der Waals surface area contributed by atoms with Crippen molar-refractivity contribution in [1.82, 2.24) is 4.72 Å². The minimum absolute atomic E-state index is 0.000527. The molecule has 0 saturated carbocycles. The summed E-state index contributed by atoms with van der Waals surface area (Å²) in [5.74, 6) is 0.427. The Kier molecular flexibility index (Phi) is 3.46. The number of halogens is 1. The summed E-state index contributed by atoms with van der Waals surface area (Å²) < 4.78 is 38.4. The summed E-state index contributed by atoms with van der Waals surface area (Å²) in [5.41, 5.74) is 5.44. The molecule has 0 aromatic carbocycles. The second-order valence-electron chi connectivity index (χ2n) is 4.89. The summed E-state index contributed by atoms with van der Waals surface area (Å²) in [5, 5.41) is 0. The van der Waals surface area contributed by atoms with Gasteiger partial charge in [-0.25, -0.2) is 13.1 Å². The summed E-state index contributed by atoms with van der Waals surface area (Å²) in [4.78, 5) is 0.0933. The molecule has 0 aliphatic carbocycles. The van der Waals surface area contributed by atoms with E-state index < -0.39 is 10.0 Å². The monoisotopic (exact) mass is 350 g/mol. The van der Waals surface area contributed by atoms with Crippen molar-refractivity contribution in [3.05, 3.63) is 16.5 Å². The van der Waals surface area contributed by atoms with Crippen LogP contribution < -0.4 is 10.5 Å². The molecule has 106 valence electrons. The van der Waals surface area contributed by atoms with Crippen molar-refractivity contribution >= 4 is 26.0 Å². The first-order valence-corrected chi connectivity index (χ1v) is 8.43. The van der Waals surface area contributed by atoms with Gasteiger partial charge in [-0.1, -0.05) is 0 Å². The van der Waals surface area contributed by atoms with Crippen molar-refractivity contribution in [3.63, 3.8) is 0 Å². The predicted molar refractivity (Wildman–Crippen MR) is 70.9 cm³/mol. The maximum Gasteiger partial charge on any atom is 0.245 e. The normalized spacial score (nSPS) is 30.1. The molecule has 0 radical (unpaired) electrons. The standard InChI is InChI=1S/C11H15BrN2O4S/c12-11-10(4-7(5-13)18-11)19(15,16)14-8-3-6-1-2-9(8)17-6/h4,6,8-9,14H,1-3,5,13H2. The number of nitrogens with two attached hydrogens (primary N) is 1. The van der Waals surface area contributed by atoms with Crippen molar-refractivity contribution in [3.8, 4) is 0 Å². The molecule has 3 atom stereocenters. The lowest BCUT2D eigenvalue weighted by Crippen LogP contribution is -2.41. The molecule has 0 amide bonds. The van der Waals surface area contributed by atoms with E-state index in [0.717, 1.165) is 19.3 Å². The SMILES string of the molecule is NCc1cc(S(=O)(=O)NC2CC3CCC2O3)c(Br)o1. The molecule has 2 aliphatic heterocycles. The highest BCUT2D eigenvalue weighted by Crippen LogP contribution is 2.35. The number of fused-ring (bicyclic) bond motifs is 2. The molecule has 8 heteroatoms. The van der Waals surface area contributed by atoms with E-state index >= 15 is 0 Å². The van der Waals surface area contributed by atoms with Gasteiger partial charge in [-0.3, -0.25) is 0 Å². The highest BCUT2D eigenvalue weighted by molar-refractivity contribution is 9.10. The first-order chi connectivity index (χ1) is 8.99. The van der Waals surface area contributed by atoms with Gasteiger partial charge in [-0.05, 0) is 35.2 Å². The lowest BCUT2D eigenvalue weighted by molar-refractivity contribution is 0.0996. The molecule has 3 heterocycles. The van der Waals surface area contributed by atoms with E-state index in [1.54, 1.807) is 0 Å². The minimum Gasteiger partial charge on any atom is -0.452 e. The van der Waals surface area contributed by atoms with Crippen molar-refractivity contribution < 1.29 is 17.6 Å². The summed E-state index contributed by atoms with van der Waals surface area (Å²) in [6, 6.07) is 1.30. The number of rotatable bonds is 4. The first kappa shape index (κ1) is 13.6. The summed E-state index contributed by atoms with van der Waals surface area (Å²) >= 11 is 3.11. The Labute approximate surface area is 119 Å². The number of sulfonamides is 1. The van der Waals surface area contributed by atoms with Gasteiger partial charge in [-0.15, -0.1) is 0 Å². The van der Waals surface area contributed by atoms with Gasteiger partial charge in [-0.2, -0.15) is 0 Å². The molecule has 1 aromatic heterocycles. The van der Waals surface area contributed by atoms with E-state index in [-0.39, 0.29) is 34.4 Å².